The van der Waals surface area contributed by atoms with Crippen molar-refractivity contribution in [1.82, 2.24) is 4.57 Å². The van der Waals surface area contributed by atoms with Crippen LogP contribution in [0.15, 0.2) is 237 Å². The average molecular weight is 916 g/mol. The number of aryl methyl sites for hydroxylation is 2. The van der Waals surface area contributed by atoms with Gasteiger partial charge in [0.2, 0.25) is 0 Å². The van der Waals surface area contributed by atoms with Gasteiger partial charge in [-0.05, 0) is 168 Å². The molecule has 11 aromatic carbocycles. The summed E-state index contributed by atoms with van der Waals surface area (Å²) in [7, 11) is 0. The number of para-hydroxylation sites is 2. The fourth-order valence-corrected chi connectivity index (χ4v) is 13.2. The molecule has 0 saturated carbocycles. The molecule has 336 valence electrons. The van der Waals surface area contributed by atoms with Gasteiger partial charge in [-0.2, -0.15) is 0 Å². The summed E-state index contributed by atoms with van der Waals surface area (Å²) in [6, 6.07) is 86.0. The van der Waals surface area contributed by atoms with Gasteiger partial charge in [-0.1, -0.05) is 194 Å². The number of fused-ring (bicyclic) bond motifs is 21. The Morgan fingerprint density at radius 1 is 0.319 bits per heavy atom. The fraction of sp³-hybridized carbons (Fsp3) is 0.0429. The van der Waals surface area contributed by atoms with Crippen LogP contribution in [-0.2, 0) is 5.41 Å². The van der Waals surface area contributed by atoms with Gasteiger partial charge >= 0.3 is 0 Å². The third kappa shape index (κ3) is 5.52. The molecule has 0 atom stereocenters. The molecule has 1 spiro atoms. The SMILES string of the molecule is Cc1cc(-n2c3ccccc3c3ccccc32)c(C)cc1-c1ccc2c(c1)-c1ccccc1-c1ccc(C(=O)c3ccc4c(c3)C3(c5ccccc5-c5ccccc53)c3ccccc3-4)cc1-c1ccccc1-2. The molecule has 72 heavy (non-hydrogen) atoms. The summed E-state index contributed by atoms with van der Waals surface area (Å²) in [5, 5.41) is 2.53. The number of benzene rings is 11. The van der Waals surface area contributed by atoms with Crippen molar-refractivity contribution >= 4 is 27.6 Å². The molecule has 0 aliphatic heterocycles. The molecule has 3 aliphatic carbocycles. The van der Waals surface area contributed by atoms with Crippen LogP contribution in [0.5, 0.6) is 0 Å². The van der Waals surface area contributed by atoms with Crippen molar-refractivity contribution in [3.05, 3.63) is 281 Å². The van der Waals surface area contributed by atoms with Gasteiger partial charge < -0.3 is 4.57 Å². The number of hydrogen-bond acceptors (Lipinski definition) is 1. The molecule has 0 fully saturated rings. The molecule has 15 rings (SSSR count). The van der Waals surface area contributed by atoms with E-state index in [-0.39, 0.29) is 5.78 Å². The highest BCUT2D eigenvalue weighted by atomic mass is 16.1. The molecule has 0 saturated heterocycles. The third-order valence-electron chi connectivity index (χ3n) is 16.3. The second-order valence-corrected chi connectivity index (χ2v) is 19.9. The van der Waals surface area contributed by atoms with Crippen LogP contribution in [0, 0.1) is 13.8 Å². The number of nitrogens with zero attached hydrogens (tertiary/aromatic N) is 1. The van der Waals surface area contributed by atoms with E-state index >= 15 is 4.79 Å². The molecule has 0 amide bonds. The Balaban J connectivity index is 0.852. The number of carbonyl (C=O) groups excluding carboxylic acids is 1. The van der Waals surface area contributed by atoms with Gasteiger partial charge in [-0.3, -0.25) is 4.79 Å². The van der Waals surface area contributed by atoms with E-state index in [4.69, 9.17) is 0 Å². The topological polar surface area (TPSA) is 22.0 Å². The van der Waals surface area contributed by atoms with Gasteiger partial charge in [0.1, 0.15) is 0 Å². The molecule has 1 aromatic heterocycles. The largest absolute Gasteiger partial charge is 0.309 e. The summed E-state index contributed by atoms with van der Waals surface area (Å²) in [4.78, 5) is 15.2. The minimum atomic E-state index is -0.522. The number of carbonyl (C=O) groups is 1. The minimum Gasteiger partial charge on any atom is -0.309 e. The first-order chi connectivity index (χ1) is 35.5. The lowest BCUT2D eigenvalue weighted by molar-refractivity contribution is 0.103. The van der Waals surface area contributed by atoms with Crippen LogP contribution < -0.4 is 0 Å². The Morgan fingerprint density at radius 3 is 1.28 bits per heavy atom. The Kier molecular flexibility index (Phi) is 8.60. The minimum absolute atomic E-state index is 0.0129. The summed E-state index contributed by atoms with van der Waals surface area (Å²) in [5.41, 5.74) is 28.3. The first-order valence-electron chi connectivity index (χ1n) is 25.0. The highest BCUT2D eigenvalue weighted by Gasteiger charge is 2.51. The molecular weight excluding hydrogens is 871 g/mol. The predicted molar refractivity (Wildman–Crippen MR) is 297 cm³/mol. The van der Waals surface area contributed by atoms with Gasteiger partial charge in [-0.25, -0.2) is 0 Å². The Morgan fingerprint density at radius 2 is 0.722 bits per heavy atom. The normalized spacial score (nSPS) is 13.0. The van der Waals surface area contributed by atoms with Crippen LogP contribution in [0.4, 0.5) is 0 Å². The van der Waals surface area contributed by atoms with Crippen molar-refractivity contribution in [1.29, 1.82) is 0 Å². The van der Waals surface area contributed by atoms with Crippen molar-refractivity contribution in [3.63, 3.8) is 0 Å². The summed E-state index contributed by atoms with van der Waals surface area (Å²) in [6.45, 7) is 4.48. The van der Waals surface area contributed by atoms with Crippen LogP contribution in [0.3, 0.4) is 0 Å². The smallest absolute Gasteiger partial charge is 0.193 e. The van der Waals surface area contributed by atoms with E-state index in [0.29, 0.717) is 11.1 Å². The van der Waals surface area contributed by atoms with Crippen molar-refractivity contribution in [2.24, 2.45) is 0 Å². The summed E-state index contributed by atoms with van der Waals surface area (Å²) >= 11 is 0. The molecule has 2 nitrogen and oxygen atoms in total. The Hall–Kier alpha value is -9.11. The van der Waals surface area contributed by atoms with E-state index in [0.717, 1.165) is 33.4 Å². The maximum absolute atomic E-state index is 15.2. The molecule has 0 bridgehead atoms. The standard InChI is InChI=1S/C70H45NO/c1-42-38-68(71-66-29-15-10-24-57(66)58-25-11-16-30-67(58)71)43(2)37-59(42)44-31-34-51-48-18-4-6-20-50(48)61-40-45(32-35-52(61)47-17-3-5-19-49(47)60(51)39-44)69(72)46-33-36-56-55-23-9-14-28-64(55)70(65(56)41-46)62-26-12-7-21-53(62)54-22-8-13-27-63(54)70/h3-41H,1-2H3. The quantitative estimate of drug-likeness (QED) is 0.161. The van der Waals surface area contributed by atoms with Crippen LogP contribution in [0.1, 0.15) is 49.3 Å². The van der Waals surface area contributed by atoms with E-state index in [1.54, 1.807) is 0 Å². The Labute approximate surface area is 418 Å². The van der Waals surface area contributed by atoms with E-state index in [2.05, 4.69) is 243 Å². The molecule has 0 radical (unpaired) electrons. The lowest BCUT2D eigenvalue weighted by Crippen LogP contribution is -2.26. The highest BCUT2D eigenvalue weighted by molar-refractivity contribution is 6.13. The molecule has 3 aliphatic rings. The first kappa shape index (κ1) is 40.7. The lowest BCUT2D eigenvalue weighted by atomic mass is 9.70. The van der Waals surface area contributed by atoms with Gasteiger partial charge in [0.25, 0.3) is 0 Å². The number of hydrogen-bond donors (Lipinski definition) is 0. The highest BCUT2D eigenvalue weighted by Crippen LogP contribution is 2.63. The zero-order chi connectivity index (χ0) is 47.8. The molecule has 2 heteroatoms. The van der Waals surface area contributed by atoms with Gasteiger partial charge in [0.05, 0.1) is 16.4 Å². The molecule has 12 aromatic rings. The van der Waals surface area contributed by atoms with E-state index in [9.17, 15) is 0 Å². The van der Waals surface area contributed by atoms with Crippen molar-refractivity contribution in [2.75, 3.05) is 0 Å². The van der Waals surface area contributed by atoms with E-state index in [1.165, 1.54) is 105 Å². The number of ketones is 1. The molecule has 0 unspecified atom stereocenters. The van der Waals surface area contributed by atoms with Crippen molar-refractivity contribution in [2.45, 2.75) is 19.3 Å². The second kappa shape index (κ2) is 15.2. The molecule has 1 heterocycles. The van der Waals surface area contributed by atoms with Crippen LogP contribution in [0.2, 0.25) is 0 Å². The number of rotatable bonds is 4. The lowest BCUT2D eigenvalue weighted by Gasteiger charge is -2.30. The van der Waals surface area contributed by atoms with Crippen LogP contribution >= 0.6 is 0 Å². The van der Waals surface area contributed by atoms with Crippen LogP contribution in [0.25, 0.3) is 105 Å². The maximum Gasteiger partial charge on any atom is 0.193 e. The van der Waals surface area contributed by atoms with E-state index < -0.39 is 5.41 Å². The van der Waals surface area contributed by atoms with Crippen molar-refractivity contribution < 1.29 is 4.79 Å². The molecular formula is C70H45NO. The molecule has 0 N–H and O–H groups in total. The van der Waals surface area contributed by atoms with Gasteiger partial charge in [0, 0.05) is 27.6 Å². The second-order valence-electron chi connectivity index (χ2n) is 19.9. The first-order valence-corrected chi connectivity index (χ1v) is 25.0. The summed E-state index contributed by atoms with van der Waals surface area (Å²) in [5.74, 6) is 0.0129. The van der Waals surface area contributed by atoms with Gasteiger partial charge in [0.15, 0.2) is 5.78 Å². The zero-order valence-electron chi connectivity index (χ0n) is 39.9. The van der Waals surface area contributed by atoms with Crippen molar-refractivity contribution in [3.8, 4) is 83.6 Å². The zero-order valence-corrected chi connectivity index (χ0v) is 39.9. The fourth-order valence-electron chi connectivity index (χ4n) is 13.2. The monoisotopic (exact) mass is 915 g/mol. The van der Waals surface area contributed by atoms with Gasteiger partial charge in [-0.15, -0.1) is 0 Å². The third-order valence-corrected chi connectivity index (χ3v) is 16.3. The summed E-state index contributed by atoms with van der Waals surface area (Å²) in [6.07, 6.45) is 0. The average Bonchev–Trinajstić information content (AvgIpc) is 4.04. The summed E-state index contributed by atoms with van der Waals surface area (Å²) < 4.78 is 2.43. The Bertz CT molecular complexity index is 4210. The predicted octanol–water partition coefficient (Wildman–Crippen LogP) is 17.6. The maximum atomic E-state index is 15.2. The van der Waals surface area contributed by atoms with Crippen LogP contribution in [-0.4, -0.2) is 10.4 Å². The number of aromatic nitrogens is 1. The van der Waals surface area contributed by atoms with E-state index in [1.807, 2.05) is 12.1 Å².